The first-order chi connectivity index (χ1) is 8.11. The number of nitrogens with zero attached hydrogens (tertiary/aromatic N) is 1. The normalized spacial score (nSPS) is 10.5. The first-order valence-corrected chi connectivity index (χ1v) is 5.56. The summed E-state index contributed by atoms with van der Waals surface area (Å²) in [6.45, 7) is 2.68. The van der Waals surface area contributed by atoms with Crippen LogP contribution in [-0.2, 0) is 4.79 Å². The van der Waals surface area contributed by atoms with E-state index in [0.29, 0.717) is 6.54 Å². The van der Waals surface area contributed by atoms with E-state index >= 15 is 0 Å². The minimum atomic E-state index is -0.865. The standard InChI is InChI=1S/C11H18N4O2/c1-2-3-4-5-6-14-11(17)15-8-9(7-12)10(13)16/h8H,2-6H2,1H3,(H2,13,16)(H2,14,15,17)/b9-8-. The molecule has 0 aliphatic rings. The van der Waals surface area contributed by atoms with E-state index in [-0.39, 0.29) is 5.57 Å². The van der Waals surface area contributed by atoms with Crippen LogP contribution in [-0.4, -0.2) is 18.5 Å². The number of unbranched alkanes of at least 4 members (excludes halogenated alkanes) is 3. The zero-order chi connectivity index (χ0) is 13.1. The Morgan fingerprint density at radius 3 is 2.59 bits per heavy atom. The van der Waals surface area contributed by atoms with Crippen molar-refractivity contribution in [2.24, 2.45) is 5.73 Å². The van der Waals surface area contributed by atoms with Gasteiger partial charge in [0, 0.05) is 12.7 Å². The van der Waals surface area contributed by atoms with Gasteiger partial charge < -0.3 is 16.4 Å². The fourth-order valence-electron chi connectivity index (χ4n) is 1.10. The van der Waals surface area contributed by atoms with Gasteiger partial charge in [0.25, 0.3) is 5.91 Å². The van der Waals surface area contributed by atoms with E-state index in [1.165, 1.54) is 0 Å². The molecule has 0 atom stereocenters. The van der Waals surface area contributed by atoms with Crippen LogP contribution in [0.1, 0.15) is 32.6 Å². The number of nitrogens with one attached hydrogen (secondary N) is 2. The number of nitriles is 1. The third kappa shape index (κ3) is 7.85. The fraction of sp³-hybridized carbons (Fsp3) is 0.545. The van der Waals surface area contributed by atoms with Gasteiger partial charge in [-0.25, -0.2) is 4.79 Å². The summed E-state index contributed by atoms with van der Waals surface area (Å²) in [5.41, 5.74) is 4.60. The van der Waals surface area contributed by atoms with Gasteiger partial charge in [-0.3, -0.25) is 4.79 Å². The lowest BCUT2D eigenvalue weighted by Gasteiger charge is -2.04. The van der Waals surface area contributed by atoms with Crippen molar-refractivity contribution in [3.05, 3.63) is 11.8 Å². The van der Waals surface area contributed by atoms with Crippen molar-refractivity contribution in [2.75, 3.05) is 6.54 Å². The molecule has 94 valence electrons. The number of urea groups is 1. The van der Waals surface area contributed by atoms with Gasteiger partial charge >= 0.3 is 6.03 Å². The van der Waals surface area contributed by atoms with E-state index in [1.807, 2.05) is 0 Å². The molecule has 0 spiro atoms. The van der Waals surface area contributed by atoms with E-state index in [9.17, 15) is 9.59 Å². The smallest absolute Gasteiger partial charge is 0.318 e. The maximum Gasteiger partial charge on any atom is 0.318 e. The van der Waals surface area contributed by atoms with Gasteiger partial charge in [0.05, 0.1) is 0 Å². The molecular formula is C11H18N4O2. The molecule has 3 amide bonds. The summed E-state index contributed by atoms with van der Waals surface area (Å²) in [5, 5.41) is 13.4. The van der Waals surface area contributed by atoms with Crippen LogP contribution in [0.25, 0.3) is 0 Å². The average molecular weight is 238 g/mol. The molecule has 0 aromatic rings. The molecule has 0 heterocycles. The lowest BCUT2D eigenvalue weighted by Crippen LogP contribution is -2.33. The second-order valence-electron chi connectivity index (χ2n) is 3.49. The number of carbonyl (C=O) groups excluding carboxylic acids is 2. The van der Waals surface area contributed by atoms with Crippen LogP contribution in [0.4, 0.5) is 4.79 Å². The summed E-state index contributed by atoms with van der Waals surface area (Å²) in [7, 11) is 0. The third-order valence-electron chi connectivity index (χ3n) is 2.05. The van der Waals surface area contributed by atoms with Crippen LogP contribution in [0.2, 0.25) is 0 Å². The first-order valence-electron chi connectivity index (χ1n) is 5.56. The van der Waals surface area contributed by atoms with Gasteiger partial charge in [-0.1, -0.05) is 26.2 Å². The second kappa shape index (κ2) is 9.21. The SMILES string of the molecule is CCCCCCNC(=O)N/C=C(/C#N)C(N)=O. The van der Waals surface area contributed by atoms with Crippen LogP contribution in [0.15, 0.2) is 11.8 Å². The fourth-order valence-corrected chi connectivity index (χ4v) is 1.10. The van der Waals surface area contributed by atoms with Crippen LogP contribution in [0.5, 0.6) is 0 Å². The topological polar surface area (TPSA) is 108 Å². The predicted octanol–water partition coefficient (Wildman–Crippen LogP) is 0.759. The van der Waals surface area contributed by atoms with Crippen molar-refractivity contribution in [1.82, 2.24) is 10.6 Å². The molecular weight excluding hydrogens is 220 g/mol. The maximum absolute atomic E-state index is 11.2. The Balaban J connectivity index is 3.80. The summed E-state index contributed by atoms with van der Waals surface area (Å²) >= 11 is 0. The highest BCUT2D eigenvalue weighted by Crippen LogP contribution is 1.96. The van der Waals surface area contributed by atoms with Crippen LogP contribution in [0, 0.1) is 11.3 Å². The molecule has 0 aromatic carbocycles. The number of nitrogens with two attached hydrogens (primary N) is 1. The van der Waals surface area contributed by atoms with Gasteiger partial charge in [0.15, 0.2) is 0 Å². The molecule has 6 heteroatoms. The van der Waals surface area contributed by atoms with E-state index in [0.717, 1.165) is 31.9 Å². The summed E-state index contributed by atoms with van der Waals surface area (Å²) in [4.78, 5) is 21.8. The highest BCUT2D eigenvalue weighted by Gasteiger charge is 2.03. The minimum absolute atomic E-state index is 0.286. The van der Waals surface area contributed by atoms with E-state index in [1.54, 1.807) is 6.07 Å². The Labute approximate surface area is 101 Å². The molecule has 0 saturated carbocycles. The van der Waals surface area contributed by atoms with Crippen LogP contribution >= 0.6 is 0 Å². The van der Waals surface area contributed by atoms with Gasteiger partial charge in [0.2, 0.25) is 0 Å². The van der Waals surface area contributed by atoms with E-state index in [4.69, 9.17) is 11.0 Å². The Bertz CT molecular complexity index is 331. The number of primary amides is 1. The van der Waals surface area contributed by atoms with Gasteiger partial charge in [-0.05, 0) is 6.42 Å². The molecule has 0 aliphatic heterocycles. The van der Waals surface area contributed by atoms with Crippen molar-refractivity contribution in [2.45, 2.75) is 32.6 Å². The highest BCUT2D eigenvalue weighted by atomic mass is 16.2. The molecule has 0 aliphatic carbocycles. The highest BCUT2D eigenvalue weighted by molar-refractivity contribution is 5.96. The molecule has 0 rings (SSSR count). The molecule has 0 bridgehead atoms. The summed E-state index contributed by atoms with van der Waals surface area (Å²) in [6, 6.07) is 1.14. The molecule has 0 radical (unpaired) electrons. The second-order valence-corrected chi connectivity index (χ2v) is 3.49. The maximum atomic E-state index is 11.2. The quantitative estimate of drug-likeness (QED) is 0.346. The largest absolute Gasteiger partial charge is 0.365 e. The Morgan fingerprint density at radius 1 is 1.35 bits per heavy atom. The summed E-state index contributed by atoms with van der Waals surface area (Å²) in [5.74, 6) is -0.865. The predicted molar refractivity (Wildman–Crippen MR) is 63.6 cm³/mol. The average Bonchev–Trinajstić information content (AvgIpc) is 2.29. The molecule has 0 aromatic heterocycles. The number of hydrogen-bond donors (Lipinski definition) is 3. The van der Waals surface area contributed by atoms with Crippen LogP contribution in [0.3, 0.4) is 0 Å². The third-order valence-corrected chi connectivity index (χ3v) is 2.05. The number of carbonyl (C=O) groups is 2. The summed E-state index contributed by atoms with van der Waals surface area (Å²) < 4.78 is 0. The van der Waals surface area contributed by atoms with Crippen molar-refractivity contribution >= 4 is 11.9 Å². The minimum Gasteiger partial charge on any atom is -0.365 e. The van der Waals surface area contributed by atoms with Crippen molar-refractivity contribution in [3.63, 3.8) is 0 Å². The molecule has 0 saturated heterocycles. The number of rotatable bonds is 7. The Hall–Kier alpha value is -2.03. The van der Waals surface area contributed by atoms with Gasteiger partial charge in [-0.15, -0.1) is 0 Å². The van der Waals surface area contributed by atoms with Crippen molar-refractivity contribution in [1.29, 1.82) is 5.26 Å². The van der Waals surface area contributed by atoms with E-state index in [2.05, 4.69) is 17.6 Å². The molecule has 0 fully saturated rings. The monoisotopic (exact) mass is 238 g/mol. The summed E-state index contributed by atoms with van der Waals surface area (Å²) in [6.07, 6.45) is 5.26. The zero-order valence-corrected chi connectivity index (χ0v) is 9.95. The zero-order valence-electron chi connectivity index (χ0n) is 9.95. The molecule has 0 unspecified atom stereocenters. The van der Waals surface area contributed by atoms with E-state index < -0.39 is 11.9 Å². The van der Waals surface area contributed by atoms with Crippen molar-refractivity contribution in [3.8, 4) is 6.07 Å². The van der Waals surface area contributed by atoms with Crippen molar-refractivity contribution < 1.29 is 9.59 Å². The first kappa shape index (κ1) is 15.0. The molecule has 4 N–H and O–H groups in total. The van der Waals surface area contributed by atoms with Gasteiger partial charge in [0.1, 0.15) is 11.6 Å². The Kier molecular flexibility index (Phi) is 8.11. The number of hydrogen-bond acceptors (Lipinski definition) is 3. The molecule has 17 heavy (non-hydrogen) atoms. The lowest BCUT2D eigenvalue weighted by atomic mass is 10.2. The lowest BCUT2D eigenvalue weighted by molar-refractivity contribution is -0.114. The number of amides is 3. The molecule has 6 nitrogen and oxygen atoms in total. The van der Waals surface area contributed by atoms with Gasteiger partial charge in [-0.2, -0.15) is 5.26 Å². The van der Waals surface area contributed by atoms with Crippen LogP contribution < -0.4 is 16.4 Å². The Morgan fingerprint density at radius 2 is 2.06 bits per heavy atom.